The van der Waals surface area contributed by atoms with E-state index >= 15 is 0 Å². The van der Waals surface area contributed by atoms with Crippen molar-refractivity contribution in [1.82, 2.24) is 10.2 Å². The summed E-state index contributed by atoms with van der Waals surface area (Å²) in [5.74, 6) is 0. The molecule has 2 saturated heterocycles. The van der Waals surface area contributed by atoms with Crippen molar-refractivity contribution in [3.05, 3.63) is 24.8 Å². The first-order chi connectivity index (χ1) is 16.8. The number of nitrogens with zero attached hydrogens (tertiary/aromatic N) is 5. The normalized spacial score (nSPS) is 25.6. The van der Waals surface area contributed by atoms with Gasteiger partial charge in [0.25, 0.3) is 0 Å². The Morgan fingerprint density at radius 3 is 2.47 bits per heavy atom. The Labute approximate surface area is 203 Å². The number of hydrogen-bond donors (Lipinski definition) is 1. The summed E-state index contributed by atoms with van der Waals surface area (Å²) in [6.45, 7) is 3.09. The molecule has 3 atom stereocenters. The molecule has 2 fully saturated rings. The van der Waals surface area contributed by atoms with Crippen molar-refractivity contribution in [2.75, 3.05) is 26.2 Å². The van der Waals surface area contributed by atoms with Gasteiger partial charge in [-0.15, -0.1) is 4.99 Å². The molecular weight excluding hydrogens is 432 g/mol. The van der Waals surface area contributed by atoms with Crippen LogP contribution in [0.15, 0.2) is 39.8 Å². The fourth-order valence-corrected chi connectivity index (χ4v) is 4.70. The van der Waals surface area contributed by atoms with Gasteiger partial charge in [-0.2, -0.15) is 4.99 Å². The average Bonchev–Trinajstić information content (AvgIpc) is 3.18. The van der Waals surface area contributed by atoms with Crippen LogP contribution in [-0.4, -0.2) is 66.1 Å². The Hall–Kier alpha value is -2.82. The SMILES string of the molecule is O=C=NCCCCCCNC=C[N+]1(C=CN2CCCCCC2N=C=O)CCCCCC1N=C=O. The van der Waals surface area contributed by atoms with Crippen molar-refractivity contribution in [1.29, 1.82) is 0 Å². The fraction of sp³-hybridized carbons (Fsp3) is 0.720. The Balaban J connectivity index is 2.09. The number of unbranched alkanes of at least 4 members (excludes halogenated alkanes) is 3. The van der Waals surface area contributed by atoms with Crippen LogP contribution in [0, 0.1) is 0 Å². The van der Waals surface area contributed by atoms with Crippen LogP contribution in [-0.2, 0) is 14.4 Å². The maximum Gasteiger partial charge on any atom is 0.240 e. The molecule has 1 N–H and O–H groups in total. The number of likely N-dealkylation sites (tertiary alicyclic amines) is 2. The number of aliphatic imine (C=N–C) groups is 3. The molecule has 3 unspecified atom stereocenters. The second kappa shape index (κ2) is 16.7. The quantitative estimate of drug-likeness (QED) is 0.189. The summed E-state index contributed by atoms with van der Waals surface area (Å²) < 4.78 is 0.444. The van der Waals surface area contributed by atoms with Crippen LogP contribution in [0.3, 0.4) is 0 Å². The lowest BCUT2D eigenvalue weighted by molar-refractivity contribution is -0.853. The number of nitrogens with one attached hydrogen (secondary N) is 1. The van der Waals surface area contributed by atoms with Gasteiger partial charge < -0.3 is 10.2 Å². The predicted molar refractivity (Wildman–Crippen MR) is 130 cm³/mol. The molecule has 0 spiro atoms. The zero-order chi connectivity index (χ0) is 24.3. The highest BCUT2D eigenvalue weighted by atomic mass is 16.1. The van der Waals surface area contributed by atoms with E-state index in [1.807, 2.05) is 12.4 Å². The lowest BCUT2D eigenvalue weighted by Gasteiger charge is -2.35. The molecule has 0 amide bonds. The molecule has 0 radical (unpaired) electrons. The summed E-state index contributed by atoms with van der Waals surface area (Å²) in [4.78, 5) is 46.2. The maximum atomic E-state index is 11.2. The lowest BCUT2D eigenvalue weighted by Crippen LogP contribution is -2.46. The van der Waals surface area contributed by atoms with E-state index in [9.17, 15) is 14.4 Å². The van der Waals surface area contributed by atoms with Crippen molar-refractivity contribution in [2.45, 2.75) is 89.4 Å². The minimum absolute atomic E-state index is 0.185. The topological polar surface area (TPSA) is 104 Å². The van der Waals surface area contributed by atoms with E-state index in [2.05, 4.69) is 37.6 Å². The number of isocyanates is 3. The summed E-state index contributed by atoms with van der Waals surface area (Å²) in [5, 5.41) is 3.38. The standard InChI is InChI=1S/C25H39N6O3/c32-21-27-14-8-2-1-7-13-26-15-19-31(18-10-4-6-12-25(31)29-23-34)20-17-30-16-9-3-5-11-24(30)28-22-33/h15,17,19-20,24-26H,1-14,16,18H2/q+1. The van der Waals surface area contributed by atoms with Gasteiger partial charge in [0.15, 0.2) is 0 Å². The highest BCUT2D eigenvalue weighted by molar-refractivity contribution is 5.34. The van der Waals surface area contributed by atoms with Crippen LogP contribution in [0.25, 0.3) is 0 Å². The van der Waals surface area contributed by atoms with E-state index in [0.717, 1.165) is 96.7 Å². The zero-order valence-electron chi connectivity index (χ0n) is 20.2. The largest absolute Gasteiger partial charge is 0.387 e. The van der Waals surface area contributed by atoms with E-state index < -0.39 is 0 Å². The third-order valence-corrected chi connectivity index (χ3v) is 6.64. The van der Waals surface area contributed by atoms with Crippen molar-refractivity contribution < 1.29 is 18.9 Å². The molecule has 34 heavy (non-hydrogen) atoms. The molecule has 0 saturated carbocycles. The van der Waals surface area contributed by atoms with E-state index in [1.165, 1.54) is 0 Å². The molecule has 0 aliphatic carbocycles. The minimum Gasteiger partial charge on any atom is -0.387 e. The first-order valence-corrected chi connectivity index (χ1v) is 12.7. The van der Waals surface area contributed by atoms with E-state index in [4.69, 9.17) is 0 Å². The molecule has 0 aromatic carbocycles. The van der Waals surface area contributed by atoms with Gasteiger partial charge in [0, 0.05) is 19.5 Å². The van der Waals surface area contributed by atoms with Crippen LogP contribution >= 0.6 is 0 Å². The Morgan fingerprint density at radius 1 is 0.853 bits per heavy atom. The summed E-state index contributed by atoms with van der Waals surface area (Å²) in [7, 11) is 0. The first-order valence-electron chi connectivity index (χ1n) is 12.7. The average molecular weight is 472 g/mol. The van der Waals surface area contributed by atoms with Crippen LogP contribution in [0.4, 0.5) is 0 Å². The van der Waals surface area contributed by atoms with Crippen molar-refractivity contribution in [3.63, 3.8) is 0 Å². The monoisotopic (exact) mass is 471 g/mol. The van der Waals surface area contributed by atoms with Crippen molar-refractivity contribution >= 4 is 18.2 Å². The predicted octanol–water partition coefficient (Wildman–Crippen LogP) is 4.01. The smallest absolute Gasteiger partial charge is 0.240 e. The molecule has 0 aromatic rings. The molecule has 186 valence electrons. The minimum atomic E-state index is -0.215. The number of hydrogen-bond acceptors (Lipinski definition) is 8. The molecule has 2 aliphatic heterocycles. The van der Waals surface area contributed by atoms with Crippen LogP contribution in [0.2, 0.25) is 0 Å². The summed E-state index contributed by atoms with van der Waals surface area (Å²) in [6.07, 6.45) is 25.0. The van der Waals surface area contributed by atoms with Gasteiger partial charge in [0.05, 0.1) is 25.5 Å². The van der Waals surface area contributed by atoms with Crippen LogP contribution < -0.4 is 5.32 Å². The van der Waals surface area contributed by atoms with Gasteiger partial charge in [-0.3, -0.25) is 0 Å². The van der Waals surface area contributed by atoms with Crippen LogP contribution in [0.5, 0.6) is 0 Å². The Bertz CT molecular complexity index is 796. The van der Waals surface area contributed by atoms with Gasteiger partial charge in [-0.1, -0.05) is 19.3 Å². The summed E-state index contributed by atoms with van der Waals surface area (Å²) in [5.41, 5.74) is 0. The molecule has 0 aromatic heterocycles. The summed E-state index contributed by atoms with van der Waals surface area (Å²) >= 11 is 0. The maximum absolute atomic E-state index is 11.2. The molecule has 2 rings (SSSR count). The first kappa shape index (κ1) is 27.4. The molecule has 0 bridgehead atoms. The van der Waals surface area contributed by atoms with Gasteiger partial charge >= 0.3 is 0 Å². The highest BCUT2D eigenvalue weighted by Gasteiger charge is 2.35. The van der Waals surface area contributed by atoms with Gasteiger partial charge in [-0.25, -0.2) is 23.9 Å². The van der Waals surface area contributed by atoms with Gasteiger partial charge in [0.2, 0.25) is 24.4 Å². The third-order valence-electron chi connectivity index (χ3n) is 6.64. The molecular formula is C25H39N6O3+. The molecule has 2 aliphatic rings. The van der Waals surface area contributed by atoms with Gasteiger partial charge in [0.1, 0.15) is 18.6 Å². The Kier molecular flexibility index (Phi) is 13.5. The zero-order valence-corrected chi connectivity index (χ0v) is 20.2. The molecule has 9 nitrogen and oxygen atoms in total. The Morgan fingerprint density at radius 2 is 1.65 bits per heavy atom. The number of quaternary nitrogens is 1. The third kappa shape index (κ3) is 9.58. The summed E-state index contributed by atoms with van der Waals surface area (Å²) in [6, 6.07) is 0. The highest BCUT2D eigenvalue weighted by Crippen LogP contribution is 2.28. The number of carbonyl (C=O) groups excluding carboxylic acids is 3. The lowest BCUT2D eigenvalue weighted by atomic mass is 10.2. The van der Waals surface area contributed by atoms with E-state index in [1.54, 1.807) is 18.2 Å². The van der Waals surface area contributed by atoms with Gasteiger partial charge in [-0.05, 0) is 51.4 Å². The van der Waals surface area contributed by atoms with Crippen molar-refractivity contribution in [3.8, 4) is 0 Å². The molecule has 2 heterocycles. The second-order valence-electron chi connectivity index (χ2n) is 9.01. The van der Waals surface area contributed by atoms with Crippen molar-refractivity contribution in [2.24, 2.45) is 15.0 Å². The number of rotatable bonds is 13. The second-order valence-corrected chi connectivity index (χ2v) is 9.01. The van der Waals surface area contributed by atoms with E-state index in [-0.39, 0.29) is 12.3 Å². The van der Waals surface area contributed by atoms with E-state index in [0.29, 0.717) is 11.0 Å². The van der Waals surface area contributed by atoms with Crippen LogP contribution in [0.1, 0.15) is 77.0 Å². The fourth-order valence-electron chi connectivity index (χ4n) is 4.70. The molecule has 9 heteroatoms.